The van der Waals surface area contributed by atoms with Gasteiger partial charge in [0, 0.05) is 51.1 Å². The number of carbonyl (C=O) groups excluding carboxylic acids is 1. The van der Waals surface area contributed by atoms with Crippen molar-refractivity contribution in [3.05, 3.63) is 60.7 Å². The van der Waals surface area contributed by atoms with Crippen molar-refractivity contribution in [3.63, 3.8) is 0 Å². The van der Waals surface area contributed by atoms with Crippen molar-refractivity contribution in [2.45, 2.75) is 102 Å². The maximum absolute atomic E-state index is 13.8. The second-order valence-electron chi connectivity index (χ2n) is 14.1. The maximum Gasteiger partial charge on any atom is 0.317 e. The Morgan fingerprint density at radius 1 is 1.12 bits per heavy atom. The van der Waals surface area contributed by atoms with Crippen LogP contribution in [0.4, 0.5) is 4.79 Å². The fourth-order valence-corrected chi connectivity index (χ4v) is 8.39. The number of fused-ring (bicyclic) bond motifs is 2. The normalized spacial score (nSPS) is 28.8. The van der Waals surface area contributed by atoms with Crippen LogP contribution in [-0.4, -0.2) is 91.6 Å². The first-order valence-corrected chi connectivity index (χ1v) is 19.0. The minimum Gasteiger partial charge on any atom is -0.490 e. The second-order valence-corrected chi connectivity index (χ2v) is 14.1. The third-order valence-electron chi connectivity index (χ3n) is 10.7. The standard InChI is InChI=1S/C40H59N3O8/c1-5-19-41-39(46)43(4)35-27-33(42-51-36-16-10-13-24-48-36)31-25-28(14-8-11-20-44)30(15-9-12-21-45)37-32-26-29(47-22-6-2)17-18-34(32)50-40(35,38(31)37)49-23-7-3/h6-7,17-18,25-26,28,30,35-38,44-45H,2-3,5,8-16,19-24,27H2,1,4H3,(H,41,46). The lowest BCUT2D eigenvalue weighted by Crippen LogP contribution is -2.70. The summed E-state index contributed by atoms with van der Waals surface area (Å²) in [6, 6.07) is 5.14. The Balaban J connectivity index is 1.73. The van der Waals surface area contributed by atoms with Gasteiger partial charge in [0.2, 0.25) is 12.1 Å². The summed E-state index contributed by atoms with van der Waals surface area (Å²) in [5.41, 5.74) is 2.76. The molecular formula is C40H59N3O8. The molecule has 0 aromatic heterocycles. The summed E-state index contributed by atoms with van der Waals surface area (Å²) in [5.74, 6) is -0.0921. The van der Waals surface area contributed by atoms with Gasteiger partial charge in [0.25, 0.3) is 0 Å². The van der Waals surface area contributed by atoms with E-state index in [1.165, 1.54) is 0 Å². The lowest BCUT2D eigenvalue weighted by atomic mass is 9.55. The van der Waals surface area contributed by atoms with Crippen molar-refractivity contribution in [1.29, 1.82) is 0 Å². The zero-order valence-electron chi connectivity index (χ0n) is 30.6. The highest BCUT2D eigenvalue weighted by molar-refractivity contribution is 6.03. The molecule has 4 aliphatic rings. The Morgan fingerprint density at radius 3 is 2.61 bits per heavy atom. The molecule has 2 heterocycles. The first kappa shape index (κ1) is 38.8. The topological polar surface area (TPSA) is 131 Å². The fraction of sp³-hybridized carbons (Fsp3) is 0.650. The van der Waals surface area contributed by atoms with Gasteiger partial charge in [-0.25, -0.2) is 4.79 Å². The molecule has 11 nitrogen and oxygen atoms in total. The molecule has 0 spiro atoms. The lowest BCUT2D eigenvalue weighted by molar-refractivity contribution is -0.252. The van der Waals surface area contributed by atoms with Gasteiger partial charge in [-0.05, 0) is 80.6 Å². The van der Waals surface area contributed by atoms with Crippen molar-refractivity contribution in [2.75, 3.05) is 46.6 Å². The zero-order chi connectivity index (χ0) is 36.2. The molecule has 7 unspecified atom stereocenters. The molecule has 3 N–H and O–H groups in total. The predicted molar refractivity (Wildman–Crippen MR) is 197 cm³/mol. The van der Waals surface area contributed by atoms with Gasteiger partial charge in [0.1, 0.15) is 24.1 Å². The number of hydrogen-bond donors (Lipinski definition) is 3. The number of aliphatic hydroxyl groups is 2. The first-order valence-electron chi connectivity index (χ1n) is 19.0. The van der Waals surface area contributed by atoms with Gasteiger partial charge in [-0.15, -0.1) is 6.58 Å². The third kappa shape index (κ3) is 8.81. The Bertz CT molecular complexity index is 1380. The summed E-state index contributed by atoms with van der Waals surface area (Å²) in [6.45, 7) is 11.8. The molecule has 1 saturated heterocycles. The minimum absolute atomic E-state index is 0.116. The number of likely N-dealkylation sites (N-methyl/N-ethyl adjacent to an activating group) is 1. The largest absolute Gasteiger partial charge is 0.490 e. The van der Waals surface area contributed by atoms with E-state index in [1.54, 1.807) is 24.1 Å². The zero-order valence-corrected chi connectivity index (χ0v) is 30.6. The van der Waals surface area contributed by atoms with Crippen molar-refractivity contribution >= 4 is 11.7 Å². The Labute approximate surface area is 303 Å². The van der Waals surface area contributed by atoms with E-state index in [0.717, 1.165) is 68.2 Å². The minimum atomic E-state index is -1.29. The summed E-state index contributed by atoms with van der Waals surface area (Å²) in [7, 11) is 1.80. The number of carbonyl (C=O) groups is 1. The van der Waals surface area contributed by atoms with E-state index < -0.39 is 18.1 Å². The average molecular weight is 710 g/mol. The molecular weight excluding hydrogens is 650 g/mol. The van der Waals surface area contributed by atoms with E-state index in [4.69, 9.17) is 28.9 Å². The third-order valence-corrected chi connectivity index (χ3v) is 10.7. The molecule has 1 aromatic rings. The number of urea groups is 1. The molecule has 0 radical (unpaired) electrons. The number of nitrogens with zero attached hydrogens (tertiary/aromatic N) is 2. The number of amides is 2. The van der Waals surface area contributed by atoms with Crippen LogP contribution in [0.5, 0.6) is 11.5 Å². The fourth-order valence-electron chi connectivity index (χ4n) is 8.39. The molecule has 1 aromatic carbocycles. The number of rotatable bonds is 19. The number of benzene rings is 1. The molecule has 11 heteroatoms. The van der Waals surface area contributed by atoms with E-state index in [-0.39, 0.29) is 49.5 Å². The summed E-state index contributed by atoms with van der Waals surface area (Å²) in [6.07, 6.45) is 14.1. The molecule has 2 fully saturated rings. The number of allylic oxidation sites excluding steroid dienone is 1. The molecule has 51 heavy (non-hydrogen) atoms. The molecule has 2 amide bonds. The van der Waals surface area contributed by atoms with Gasteiger partial charge in [0.15, 0.2) is 0 Å². The SMILES string of the molecule is C=CCOc1ccc2c(c1)C1C(CCCCO)C(CCCCO)C=C3C(=NOC4CCCCO4)CC(N(C)C(=O)NCCC)C(OCC=C)(O2)C31. The first-order chi connectivity index (χ1) is 24.9. The molecule has 0 bridgehead atoms. The van der Waals surface area contributed by atoms with Crippen LogP contribution in [0.2, 0.25) is 0 Å². The predicted octanol–water partition coefficient (Wildman–Crippen LogP) is 6.46. The van der Waals surface area contributed by atoms with Crippen molar-refractivity contribution in [3.8, 4) is 11.5 Å². The van der Waals surface area contributed by atoms with Crippen LogP contribution in [0, 0.1) is 17.8 Å². The number of oxime groups is 1. The molecule has 2 aliphatic carbocycles. The molecule has 282 valence electrons. The Kier molecular flexibility index (Phi) is 14.4. The Morgan fingerprint density at radius 2 is 1.90 bits per heavy atom. The molecule has 2 aliphatic heterocycles. The van der Waals surface area contributed by atoms with Gasteiger partial charge in [0.05, 0.1) is 24.8 Å². The number of unbranched alkanes of at least 4 members (excludes halogenated alkanes) is 2. The van der Waals surface area contributed by atoms with Crippen LogP contribution in [0.25, 0.3) is 0 Å². The van der Waals surface area contributed by atoms with E-state index in [2.05, 4.69) is 30.6 Å². The summed E-state index contributed by atoms with van der Waals surface area (Å²) in [5, 5.41) is 27.5. The highest BCUT2D eigenvalue weighted by atomic mass is 16.8. The maximum atomic E-state index is 13.8. The quantitative estimate of drug-likeness (QED) is 0.0848. The molecule has 5 rings (SSSR count). The highest BCUT2D eigenvalue weighted by Gasteiger charge is 2.65. The van der Waals surface area contributed by atoms with Gasteiger partial charge in [-0.3, -0.25) is 0 Å². The monoisotopic (exact) mass is 709 g/mol. The smallest absolute Gasteiger partial charge is 0.317 e. The van der Waals surface area contributed by atoms with E-state index in [1.807, 2.05) is 19.1 Å². The molecule has 1 saturated carbocycles. The van der Waals surface area contributed by atoms with Crippen LogP contribution in [0.3, 0.4) is 0 Å². The van der Waals surface area contributed by atoms with E-state index in [0.29, 0.717) is 50.5 Å². The lowest BCUT2D eigenvalue weighted by Gasteiger charge is -2.59. The summed E-state index contributed by atoms with van der Waals surface area (Å²) < 4.78 is 26.0. The average Bonchev–Trinajstić information content (AvgIpc) is 3.15. The highest BCUT2D eigenvalue weighted by Crippen LogP contribution is 2.61. The number of nitrogens with one attached hydrogen (secondary N) is 1. The molecule has 7 atom stereocenters. The van der Waals surface area contributed by atoms with Crippen molar-refractivity contribution in [2.24, 2.45) is 22.9 Å². The van der Waals surface area contributed by atoms with Gasteiger partial charge in [-0.1, -0.05) is 49.7 Å². The van der Waals surface area contributed by atoms with Crippen LogP contribution in [0.1, 0.15) is 89.0 Å². The van der Waals surface area contributed by atoms with Crippen LogP contribution in [-0.2, 0) is 14.3 Å². The van der Waals surface area contributed by atoms with Gasteiger partial charge in [-0.2, -0.15) is 0 Å². The van der Waals surface area contributed by atoms with Crippen molar-refractivity contribution < 1.29 is 38.8 Å². The number of aliphatic hydroxyl groups excluding tert-OH is 2. The Hall–Kier alpha value is -3.38. The summed E-state index contributed by atoms with van der Waals surface area (Å²) >= 11 is 0. The van der Waals surface area contributed by atoms with Crippen molar-refractivity contribution in [1.82, 2.24) is 10.2 Å². The van der Waals surface area contributed by atoms with Crippen LogP contribution in [0.15, 0.2) is 60.3 Å². The summed E-state index contributed by atoms with van der Waals surface area (Å²) in [4.78, 5) is 21.6. The van der Waals surface area contributed by atoms with E-state index in [9.17, 15) is 15.0 Å². The number of ether oxygens (including phenoxy) is 4. The second kappa shape index (κ2) is 18.9. The van der Waals surface area contributed by atoms with Crippen LogP contribution < -0.4 is 14.8 Å². The van der Waals surface area contributed by atoms with Gasteiger partial charge < -0.3 is 44.2 Å². The van der Waals surface area contributed by atoms with E-state index >= 15 is 0 Å². The number of hydrogen-bond acceptors (Lipinski definition) is 9. The van der Waals surface area contributed by atoms with Crippen LogP contribution >= 0.6 is 0 Å². The van der Waals surface area contributed by atoms with Gasteiger partial charge >= 0.3 is 6.03 Å².